The molecule has 1 aromatic carbocycles. The van der Waals surface area contributed by atoms with Crippen LogP contribution in [0.15, 0.2) is 35.1 Å². The minimum atomic E-state index is -0.325. The van der Waals surface area contributed by atoms with Crippen LogP contribution in [-0.4, -0.2) is 15.2 Å². The molecule has 0 saturated heterocycles. The summed E-state index contributed by atoms with van der Waals surface area (Å²) in [6.45, 7) is 0. The number of nitrogens with two attached hydrogens (primary N) is 1. The molecule has 1 unspecified atom stereocenters. The third-order valence-corrected chi connectivity index (χ3v) is 2.17. The van der Waals surface area contributed by atoms with Gasteiger partial charge in [0.2, 0.25) is 0 Å². The van der Waals surface area contributed by atoms with Crippen molar-refractivity contribution >= 4 is 0 Å². The van der Waals surface area contributed by atoms with Crippen molar-refractivity contribution in [1.29, 1.82) is 0 Å². The van der Waals surface area contributed by atoms with E-state index in [-0.39, 0.29) is 11.7 Å². The first kappa shape index (κ1) is 9.67. The fraction of sp³-hybridized carbons (Fsp3) is 0.200. The van der Waals surface area contributed by atoms with Gasteiger partial charge in [-0.15, -0.1) is 0 Å². The number of aromatic nitrogens is 3. The first-order valence-electron chi connectivity index (χ1n) is 4.70. The van der Waals surface area contributed by atoms with Crippen LogP contribution in [-0.2, 0) is 6.42 Å². The summed E-state index contributed by atoms with van der Waals surface area (Å²) in [7, 11) is 0. The SMILES string of the molecule is NC(Cc1ccccc1)c1n[nH]c(=O)[nH]1. The number of nitrogens with one attached hydrogen (secondary N) is 2. The quantitative estimate of drug-likeness (QED) is 0.673. The molecule has 2 aromatic rings. The summed E-state index contributed by atoms with van der Waals surface area (Å²) >= 11 is 0. The summed E-state index contributed by atoms with van der Waals surface area (Å²) in [5.74, 6) is 0.490. The first-order chi connectivity index (χ1) is 7.25. The van der Waals surface area contributed by atoms with Crippen LogP contribution in [0.4, 0.5) is 0 Å². The Bertz CT molecular complexity index is 473. The number of nitrogens with zero attached hydrogens (tertiary/aromatic N) is 1. The summed E-state index contributed by atoms with van der Waals surface area (Å²) in [4.78, 5) is 13.4. The summed E-state index contributed by atoms with van der Waals surface area (Å²) in [6, 6.07) is 9.55. The smallest absolute Gasteiger partial charge is 0.321 e. The molecule has 5 nitrogen and oxygen atoms in total. The zero-order valence-corrected chi connectivity index (χ0v) is 8.10. The maximum absolute atomic E-state index is 10.8. The van der Waals surface area contributed by atoms with Crippen molar-refractivity contribution in [2.24, 2.45) is 5.73 Å². The van der Waals surface area contributed by atoms with Crippen LogP contribution in [0.1, 0.15) is 17.4 Å². The highest BCUT2D eigenvalue weighted by Crippen LogP contribution is 2.10. The molecule has 0 radical (unpaired) electrons. The van der Waals surface area contributed by atoms with Crippen LogP contribution >= 0.6 is 0 Å². The van der Waals surface area contributed by atoms with Crippen molar-refractivity contribution < 1.29 is 0 Å². The van der Waals surface area contributed by atoms with E-state index in [1.807, 2.05) is 30.3 Å². The van der Waals surface area contributed by atoms with Gasteiger partial charge in [-0.05, 0) is 12.0 Å². The predicted molar refractivity (Wildman–Crippen MR) is 56.3 cm³/mol. The van der Waals surface area contributed by atoms with Crippen LogP contribution in [0.3, 0.4) is 0 Å². The van der Waals surface area contributed by atoms with Gasteiger partial charge in [0.25, 0.3) is 0 Å². The Morgan fingerprint density at radius 2 is 2.07 bits per heavy atom. The Labute approximate surface area is 86.3 Å². The van der Waals surface area contributed by atoms with Gasteiger partial charge in [-0.3, -0.25) is 4.98 Å². The van der Waals surface area contributed by atoms with Crippen LogP contribution < -0.4 is 11.4 Å². The van der Waals surface area contributed by atoms with Crippen molar-refractivity contribution in [3.63, 3.8) is 0 Å². The minimum absolute atomic E-state index is 0.286. The molecule has 0 spiro atoms. The molecule has 4 N–H and O–H groups in total. The average molecular weight is 204 g/mol. The number of hydrogen-bond acceptors (Lipinski definition) is 3. The van der Waals surface area contributed by atoms with Crippen molar-refractivity contribution in [2.45, 2.75) is 12.5 Å². The molecular weight excluding hydrogens is 192 g/mol. The molecule has 5 heteroatoms. The molecule has 0 aliphatic heterocycles. The highest BCUT2D eigenvalue weighted by atomic mass is 16.1. The van der Waals surface area contributed by atoms with E-state index in [1.165, 1.54) is 0 Å². The van der Waals surface area contributed by atoms with Crippen molar-refractivity contribution in [1.82, 2.24) is 15.2 Å². The average Bonchev–Trinajstić information content (AvgIpc) is 2.66. The topological polar surface area (TPSA) is 87.6 Å². The molecular formula is C10H12N4O. The number of aromatic amines is 2. The number of hydrogen-bond donors (Lipinski definition) is 3. The third-order valence-electron chi connectivity index (χ3n) is 2.17. The number of benzene rings is 1. The van der Waals surface area contributed by atoms with Gasteiger partial charge in [0.05, 0.1) is 6.04 Å². The van der Waals surface area contributed by atoms with Gasteiger partial charge in [0.1, 0.15) is 5.82 Å². The standard InChI is InChI=1S/C10H12N4O/c11-8(9-12-10(15)14-13-9)6-7-4-2-1-3-5-7/h1-5,8H,6,11H2,(H2,12,13,14,15). The van der Waals surface area contributed by atoms with Gasteiger partial charge in [0, 0.05) is 0 Å². The summed E-state index contributed by atoms with van der Waals surface area (Å²) in [6.07, 6.45) is 0.654. The maximum Gasteiger partial charge on any atom is 0.340 e. The second kappa shape index (κ2) is 4.10. The lowest BCUT2D eigenvalue weighted by Crippen LogP contribution is -2.15. The van der Waals surface area contributed by atoms with Crippen LogP contribution in [0.5, 0.6) is 0 Å². The highest BCUT2D eigenvalue weighted by Gasteiger charge is 2.10. The van der Waals surface area contributed by atoms with Gasteiger partial charge in [-0.25, -0.2) is 9.89 Å². The molecule has 0 amide bonds. The zero-order chi connectivity index (χ0) is 10.7. The molecule has 0 saturated carbocycles. The van der Waals surface area contributed by atoms with E-state index < -0.39 is 0 Å². The normalized spacial score (nSPS) is 12.6. The number of rotatable bonds is 3. The first-order valence-corrected chi connectivity index (χ1v) is 4.70. The van der Waals surface area contributed by atoms with E-state index in [0.717, 1.165) is 5.56 Å². The fourth-order valence-corrected chi connectivity index (χ4v) is 1.42. The molecule has 1 aromatic heterocycles. The molecule has 15 heavy (non-hydrogen) atoms. The Kier molecular flexibility index (Phi) is 2.64. The zero-order valence-electron chi connectivity index (χ0n) is 8.10. The van der Waals surface area contributed by atoms with E-state index in [9.17, 15) is 4.79 Å². The van der Waals surface area contributed by atoms with E-state index >= 15 is 0 Å². The lowest BCUT2D eigenvalue weighted by Gasteiger charge is -2.07. The van der Waals surface area contributed by atoms with E-state index in [4.69, 9.17) is 5.73 Å². The minimum Gasteiger partial charge on any atom is -0.321 e. The second-order valence-corrected chi connectivity index (χ2v) is 3.36. The Morgan fingerprint density at radius 1 is 1.33 bits per heavy atom. The summed E-state index contributed by atoms with van der Waals surface area (Å²) < 4.78 is 0. The second-order valence-electron chi connectivity index (χ2n) is 3.36. The third kappa shape index (κ3) is 2.32. The highest BCUT2D eigenvalue weighted by molar-refractivity contribution is 5.16. The van der Waals surface area contributed by atoms with Crippen molar-refractivity contribution in [3.05, 3.63) is 52.2 Å². The molecule has 78 valence electrons. The van der Waals surface area contributed by atoms with E-state index in [2.05, 4.69) is 15.2 Å². The summed E-state index contributed by atoms with van der Waals surface area (Å²) in [5, 5.41) is 6.09. The predicted octanol–water partition coefficient (Wildman–Crippen LogP) is 0.340. The van der Waals surface area contributed by atoms with E-state index in [1.54, 1.807) is 0 Å². The largest absolute Gasteiger partial charge is 0.340 e. The van der Waals surface area contributed by atoms with Gasteiger partial charge in [-0.1, -0.05) is 30.3 Å². The van der Waals surface area contributed by atoms with Crippen molar-refractivity contribution in [3.8, 4) is 0 Å². The Balaban J connectivity index is 2.10. The van der Waals surface area contributed by atoms with E-state index in [0.29, 0.717) is 12.2 Å². The molecule has 0 bridgehead atoms. The molecule has 1 heterocycles. The van der Waals surface area contributed by atoms with Crippen LogP contribution in [0, 0.1) is 0 Å². The van der Waals surface area contributed by atoms with Crippen LogP contribution in [0.25, 0.3) is 0 Å². The van der Waals surface area contributed by atoms with Gasteiger partial charge in [0.15, 0.2) is 0 Å². The number of H-pyrrole nitrogens is 2. The molecule has 1 atom stereocenters. The lowest BCUT2D eigenvalue weighted by molar-refractivity contribution is 0.671. The van der Waals surface area contributed by atoms with Crippen molar-refractivity contribution in [2.75, 3.05) is 0 Å². The van der Waals surface area contributed by atoms with Gasteiger partial charge in [-0.2, -0.15) is 5.10 Å². The summed E-state index contributed by atoms with van der Waals surface area (Å²) in [5.41, 5.74) is 6.68. The monoisotopic (exact) mass is 204 g/mol. The fourth-order valence-electron chi connectivity index (χ4n) is 1.42. The molecule has 0 fully saturated rings. The van der Waals surface area contributed by atoms with Gasteiger partial charge < -0.3 is 5.73 Å². The Hall–Kier alpha value is -1.88. The molecule has 2 rings (SSSR count). The lowest BCUT2D eigenvalue weighted by atomic mass is 10.1. The molecule has 0 aliphatic carbocycles. The van der Waals surface area contributed by atoms with Crippen LogP contribution in [0.2, 0.25) is 0 Å². The Morgan fingerprint density at radius 3 is 2.67 bits per heavy atom. The molecule has 0 aliphatic rings. The van der Waals surface area contributed by atoms with Gasteiger partial charge >= 0.3 is 5.69 Å². The maximum atomic E-state index is 10.8.